The Morgan fingerprint density at radius 1 is 1.12 bits per heavy atom. The number of fused-ring (bicyclic) bond motifs is 1. The Labute approximate surface area is 190 Å². The summed E-state index contributed by atoms with van der Waals surface area (Å²) in [6.07, 6.45) is 2.59. The van der Waals surface area contributed by atoms with Crippen LogP contribution in [-0.2, 0) is 19.1 Å². The molecule has 1 aromatic carbocycles. The van der Waals surface area contributed by atoms with E-state index in [1.54, 1.807) is 16.7 Å². The number of carbonyl (C=O) groups is 3. The van der Waals surface area contributed by atoms with Gasteiger partial charge in [0.05, 0.1) is 25.3 Å². The molecule has 8 heteroatoms. The molecule has 1 atom stereocenters. The molecule has 1 unspecified atom stereocenters. The third-order valence-corrected chi connectivity index (χ3v) is 6.16. The number of rotatable bonds is 10. The molecule has 1 saturated heterocycles. The third-order valence-electron chi connectivity index (χ3n) is 6.16. The molecule has 0 N–H and O–H groups in total. The standard InChI is InChI=1S/C24H35N3O5/c1-3-25-14-7-8-19(25)18-26(15-13-24(30)31-4-2)22(28)11-12-23(29)27-16-17-32-21-10-6-5-9-20(21)27/h5-6,9-10,19H,3-4,7-8,11-18H2,1-2H3. The number of hydrogen-bond acceptors (Lipinski definition) is 6. The Morgan fingerprint density at radius 3 is 2.72 bits per heavy atom. The number of hydrogen-bond donors (Lipinski definition) is 0. The largest absolute Gasteiger partial charge is 0.490 e. The number of amides is 2. The van der Waals surface area contributed by atoms with Crippen LogP contribution in [0.25, 0.3) is 0 Å². The number of ether oxygens (including phenoxy) is 2. The number of para-hydroxylation sites is 2. The van der Waals surface area contributed by atoms with E-state index >= 15 is 0 Å². The smallest absolute Gasteiger partial charge is 0.307 e. The van der Waals surface area contributed by atoms with Gasteiger partial charge >= 0.3 is 5.97 Å². The summed E-state index contributed by atoms with van der Waals surface area (Å²) in [6.45, 7) is 8.03. The van der Waals surface area contributed by atoms with Crippen molar-refractivity contribution in [3.05, 3.63) is 24.3 Å². The Morgan fingerprint density at radius 2 is 1.94 bits per heavy atom. The minimum atomic E-state index is -0.301. The molecule has 0 saturated carbocycles. The molecule has 0 aromatic heterocycles. The maximum atomic E-state index is 13.1. The Bertz CT molecular complexity index is 800. The zero-order valence-corrected chi connectivity index (χ0v) is 19.3. The Balaban J connectivity index is 1.60. The predicted octanol–water partition coefficient (Wildman–Crippen LogP) is 2.46. The first kappa shape index (κ1) is 24.0. The topological polar surface area (TPSA) is 79.4 Å². The van der Waals surface area contributed by atoms with E-state index in [1.165, 1.54) is 0 Å². The number of benzene rings is 1. The fraction of sp³-hybridized carbons (Fsp3) is 0.625. The normalized spacial score (nSPS) is 18.1. The van der Waals surface area contributed by atoms with Crippen LogP contribution in [-0.4, -0.2) is 79.6 Å². The predicted molar refractivity (Wildman–Crippen MR) is 122 cm³/mol. The molecular weight excluding hydrogens is 410 g/mol. The van der Waals surface area contributed by atoms with E-state index in [-0.39, 0.29) is 37.0 Å². The first-order valence-corrected chi connectivity index (χ1v) is 11.7. The summed E-state index contributed by atoms with van der Waals surface area (Å²) in [6, 6.07) is 7.75. The van der Waals surface area contributed by atoms with Gasteiger partial charge in [0.15, 0.2) is 0 Å². The van der Waals surface area contributed by atoms with E-state index in [2.05, 4.69) is 11.8 Å². The number of esters is 1. The van der Waals surface area contributed by atoms with Crippen molar-refractivity contribution in [1.29, 1.82) is 0 Å². The highest BCUT2D eigenvalue weighted by atomic mass is 16.5. The Hall–Kier alpha value is -2.61. The van der Waals surface area contributed by atoms with E-state index in [9.17, 15) is 14.4 Å². The lowest BCUT2D eigenvalue weighted by molar-refractivity contribution is -0.144. The molecule has 0 aliphatic carbocycles. The van der Waals surface area contributed by atoms with E-state index < -0.39 is 0 Å². The lowest BCUT2D eigenvalue weighted by atomic mass is 10.1. The molecule has 1 aromatic rings. The second kappa shape index (κ2) is 11.9. The van der Waals surface area contributed by atoms with E-state index in [0.717, 1.165) is 31.6 Å². The van der Waals surface area contributed by atoms with Gasteiger partial charge in [0.25, 0.3) is 0 Å². The first-order valence-electron chi connectivity index (χ1n) is 11.7. The van der Waals surface area contributed by atoms with Gasteiger partial charge in [-0.05, 0) is 45.0 Å². The number of likely N-dealkylation sites (N-methyl/N-ethyl adjacent to an activating group) is 1. The molecule has 2 aliphatic rings. The Kier molecular flexibility index (Phi) is 8.90. The molecule has 32 heavy (non-hydrogen) atoms. The zero-order valence-electron chi connectivity index (χ0n) is 19.3. The van der Waals surface area contributed by atoms with Crippen LogP contribution in [0.15, 0.2) is 24.3 Å². The zero-order chi connectivity index (χ0) is 22.9. The number of carbonyl (C=O) groups excluding carboxylic acids is 3. The van der Waals surface area contributed by atoms with Crippen LogP contribution < -0.4 is 9.64 Å². The molecule has 1 fully saturated rings. The van der Waals surface area contributed by atoms with Crippen molar-refractivity contribution in [2.45, 2.75) is 52.0 Å². The fourth-order valence-electron chi connectivity index (χ4n) is 4.49. The molecule has 2 heterocycles. The second-order valence-corrected chi connectivity index (χ2v) is 8.18. The van der Waals surface area contributed by atoms with E-state index in [1.807, 2.05) is 24.3 Å². The van der Waals surface area contributed by atoms with Crippen molar-refractivity contribution >= 4 is 23.5 Å². The quantitative estimate of drug-likeness (QED) is 0.515. The molecule has 8 nitrogen and oxygen atoms in total. The number of nitrogens with zero attached hydrogens (tertiary/aromatic N) is 3. The van der Waals surface area contributed by atoms with Gasteiger partial charge in [-0.15, -0.1) is 0 Å². The molecule has 0 bridgehead atoms. The average Bonchev–Trinajstić information content (AvgIpc) is 3.27. The van der Waals surface area contributed by atoms with Crippen LogP contribution in [0.2, 0.25) is 0 Å². The molecule has 3 rings (SSSR count). The average molecular weight is 446 g/mol. The monoisotopic (exact) mass is 445 g/mol. The highest BCUT2D eigenvalue weighted by molar-refractivity contribution is 5.97. The summed E-state index contributed by atoms with van der Waals surface area (Å²) in [5.41, 5.74) is 0.750. The van der Waals surface area contributed by atoms with Crippen molar-refractivity contribution in [2.75, 3.05) is 50.8 Å². The van der Waals surface area contributed by atoms with Gasteiger partial charge in [-0.25, -0.2) is 0 Å². The second-order valence-electron chi connectivity index (χ2n) is 8.18. The summed E-state index contributed by atoms with van der Waals surface area (Å²) in [7, 11) is 0. The minimum Gasteiger partial charge on any atom is -0.490 e. The van der Waals surface area contributed by atoms with Crippen molar-refractivity contribution in [3.63, 3.8) is 0 Å². The molecule has 176 valence electrons. The molecule has 2 aliphatic heterocycles. The van der Waals surface area contributed by atoms with Crippen LogP contribution in [0.4, 0.5) is 5.69 Å². The highest BCUT2D eigenvalue weighted by Crippen LogP contribution is 2.31. The van der Waals surface area contributed by atoms with Gasteiger partial charge in [0.2, 0.25) is 11.8 Å². The SMILES string of the molecule is CCOC(=O)CCN(CC1CCCN1CC)C(=O)CCC(=O)N1CCOc2ccccc21. The van der Waals surface area contributed by atoms with Crippen LogP contribution in [0.3, 0.4) is 0 Å². The van der Waals surface area contributed by atoms with E-state index in [4.69, 9.17) is 9.47 Å². The fourth-order valence-corrected chi connectivity index (χ4v) is 4.49. The van der Waals surface area contributed by atoms with Crippen molar-refractivity contribution in [3.8, 4) is 5.75 Å². The number of likely N-dealkylation sites (tertiary alicyclic amines) is 1. The first-order chi connectivity index (χ1) is 15.5. The summed E-state index contributed by atoms with van der Waals surface area (Å²) in [5, 5.41) is 0. The molecule has 2 amide bonds. The number of anilines is 1. The lowest BCUT2D eigenvalue weighted by Gasteiger charge is -2.31. The summed E-state index contributed by atoms with van der Waals surface area (Å²) < 4.78 is 10.7. The minimum absolute atomic E-state index is 0.0875. The molecular formula is C24H35N3O5. The summed E-state index contributed by atoms with van der Waals surface area (Å²) in [5.74, 6) is 0.211. The van der Waals surface area contributed by atoms with Gasteiger partial charge in [-0.3, -0.25) is 19.3 Å². The summed E-state index contributed by atoms with van der Waals surface area (Å²) in [4.78, 5) is 43.7. The van der Waals surface area contributed by atoms with Crippen LogP contribution in [0.5, 0.6) is 5.75 Å². The van der Waals surface area contributed by atoms with Gasteiger partial charge in [-0.1, -0.05) is 19.1 Å². The third kappa shape index (κ3) is 6.22. The van der Waals surface area contributed by atoms with Crippen LogP contribution in [0.1, 0.15) is 46.0 Å². The maximum Gasteiger partial charge on any atom is 0.307 e. The van der Waals surface area contributed by atoms with Gasteiger partial charge in [-0.2, -0.15) is 0 Å². The highest BCUT2D eigenvalue weighted by Gasteiger charge is 2.29. The van der Waals surface area contributed by atoms with Gasteiger partial charge in [0.1, 0.15) is 12.4 Å². The molecule has 0 spiro atoms. The van der Waals surface area contributed by atoms with Crippen LogP contribution >= 0.6 is 0 Å². The summed E-state index contributed by atoms with van der Waals surface area (Å²) >= 11 is 0. The van der Waals surface area contributed by atoms with Crippen molar-refractivity contribution in [2.24, 2.45) is 0 Å². The lowest BCUT2D eigenvalue weighted by Crippen LogP contribution is -2.44. The van der Waals surface area contributed by atoms with Crippen LogP contribution in [0, 0.1) is 0 Å². The molecule has 0 radical (unpaired) electrons. The van der Waals surface area contributed by atoms with Gasteiger partial charge < -0.3 is 19.3 Å². The maximum absolute atomic E-state index is 13.1. The van der Waals surface area contributed by atoms with Crippen molar-refractivity contribution in [1.82, 2.24) is 9.80 Å². The van der Waals surface area contributed by atoms with E-state index in [0.29, 0.717) is 44.6 Å². The van der Waals surface area contributed by atoms with Crippen molar-refractivity contribution < 1.29 is 23.9 Å². The van der Waals surface area contributed by atoms with Gasteiger partial charge in [0, 0.05) is 32.0 Å².